The number of alkyl halides is 3. The molecule has 20 heavy (non-hydrogen) atoms. The molecule has 0 unspecified atom stereocenters. The van der Waals surface area contributed by atoms with Crippen LogP contribution in [0.1, 0.15) is 12.2 Å². The van der Waals surface area contributed by atoms with Gasteiger partial charge in [-0.2, -0.15) is 22.5 Å². The number of hydrogen-bond donors (Lipinski definition) is 2. The summed E-state index contributed by atoms with van der Waals surface area (Å²) < 4.78 is 45.5. The van der Waals surface area contributed by atoms with Gasteiger partial charge >= 0.3 is 6.18 Å². The van der Waals surface area contributed by atoms with Crippen molar-refractivity contribution in [3.8, 4) is 0 Å². The van der Waals surface area contributed by atoms with E-state index in [0.717, 1.165) is 0 Å². The fourth-order valence-corrected chi connectivity index (χ4v) is 2.00. The minimum Gasteiger partial charge on any atom is -0.409 e. The van der Waals surface area contributed by atoms with Gasteiger partial charge in [-0.15, -0.1) is 0 Å². The standard InChI is InChI=1S/C9H14F3N5O2S/c1-19-5-4-17(3-2-6(13)15-18)8-14-7(16-20-8)9(10,11)12/h18H,2-5H2,1H3,(H2,13,15). The second-order valence-electron chi connectivity index (χ2n) is 3.72. The number of ether oxygens (including phenoxy) is 1. The van der Waals surface area contributed by atoms with Crippen molar-refractivity contribution < 1.29 is 23.1 Å². The van der Waals surface area contributed by atoms with Crippen LogP contribution >= 0.6 is 11.5 Å². The summed E-state index contributed by atoms with van der Waals surface area (Å²) >= 11 is 0.640. The third-order valence-corrected chi connectivity index (χ3v) is 3.05. The van der Waals surface area contributed by atoms with E-state index in [1.54, 1.807) is 0 Å². The van der Waals surface area contributed by atoms with E-state index in [-0.39, 0.29) is 23.9 Å². The third kappa shape index (κ3) is 4.81. The largest absolute Gasteiger partial charge is 0.452 e. The zero-order chi connectivity index (χ0) is 15.2. The van der Waals surface area contributed by atoms with Crippen LogP contribution in [0.4, 0.5) is 18.3 Å². The van der Waals surface area contributed by atoms with E-state index in [1.807, 2.05) is 0 Å². The molecule has 0 radical (unpaired) electrons. The van der Waals surface area contributed by atoms with Gasteiger partial charge in [0.1, 0.15) is 5.84 Å². The molecule has 11 heteroatoms. The molecule has 0 aliphatic rings. The number of halogens is 3. The van der Waals surface area contributed by atoms with Gasteiger partial charge in [-0.3, -0.25) is 0 Å². The summed E-state index contributed by atoms with van der Waals surface area (Å²) in [7, 11) is 1.48. The highest BCUT2D eigenvalue weighted by atomic mass is 32.1. The Morgan fingerprint density at radius 1 is 1.50 bits per heavy atom. The van der Waals surface area contributed by atoms with Gasteiger partial charge in [0.05, 0.1) is 6.61 Å². The van der Waals surface area contributed by atoms with Crippen LogP contribution in [0.3, 0.4) is 0 Å². The minimum absolute atomic E-state index is 0.0204. The molecule has 1 heterocycles. The zero-order valence-electron chi connectivity index (χ0n) is 10.6. The number of amidine groups is 1. The average molecular weight is 313 g/mol. The van der Waals surface area contributed by atoms with Crippen molar-refractivity contribution in [2.24, 2.45) is 10.9 Å². The Balaban J connectivity index is 2.79. The number of rotatable bonds is 7. The molecule has 0 atom stereocenters. The van der Waals surface area contributed by atoms with E-state index in [2.05, 4.69) is 14.5 Å². The monoisotopic (exact) mass is 313 g/mol. The highest BCUT2D eigenvalue weighted by Crippen LogP contribution is 2.30. The lowest BCUT2D eigenvalue weighted by Gasteiger charge is -2.20. The van der Waals surface area contributed by atoms with Crippen LogP contribution < -0.4 is 10.6 Å². The Morgan fingerprint density at radius 3 is 2.70 bits per heavy atom. The molecule has 1 rings (SSSR count). The van der Waals surface area contributed by atoms with E-state index in [1.165, 1.54) is 12.0 Å². The number of nitrogens with two attached hydrogens (primary N) is 1. The molecule has 0 amide bonds. The first-order valence-electron chi connectivity index (χ1n) is 5.49. The quantitative estimate of drug-likeness (QED) is 0.339. The van der Waals surface area contributed by atoms with Crippen LogP contribution in [0.15, 0.2) is 5.16 Å². The molecule has 1 aromatic rings. The Bertz CT molecular complexity index is 451. The van der Waals surface area contributed by atoms with Crippen molar-refractivity contribution >= 4 is 22.5 Å². The van der Waals surface area contributed by atoms with E-state index < -0.39 is 12.0 Å². The van der Waals surface area contributed by atoms with Crippen molar-refractivity contribution in [2.45, 2.75) is 12.6 Å². The predicted molar refractivity (Wildman–Crippen MR) is 67.0 cm³/mol. The second-order valence-corrected chi connectivity index (χ2v) is 4.45. The first kappa shape index (κ1) is 16.4. The Hall–Kier alpha value is -1.62. The summed E-state index contributed by atoms with van der Waals surface area (Å²) in [6.07, 6.45) is -4.39. The molecular weight excluding hydrogens is 299 g/mol. The molecule has 3 N–H and O–H groups in total. The van der Waals surface area contributed by atoms with Gasteiger partial charge in [0.2, 0.25) is 11.0 Å². The fraction of sp³-hybridized carbons (Fsp3) is 0.667. The van der Waals surface area contributed by atoms with Crippen molar-refractivity contribution in [2.75, 3.05) is 31.7 Å². The maximum Gasteiger partial charge on any atom is 0.452 e. The summed E-state index contributed by atoms with van der Waals surface area (Å²) in [5.74, 6) is -1.20. The normalized spacial score (nSPS) is 12.7. The van der Waals surface area contributed by atoms with Gasteiger partial charge in [0.15, 0.2) is 0 Å². The summed E-state index contributed by atoms with van der Waals surface area (Å²) in [6, 6.07) is 0. The smallest absolute Gasteiger partial charge is 0.409 e. The average Bonchev–Trinajstić information content (AvgIpc) is 2.88. The molecule has 7 nitrogen and oxygen atoms in total. The molecule has 0 bridgehead atoms. The number of anilines is 1. The maximum absolute atomic E-state index is 12.5. The highest BCUT2D eigenvalue weighted by molar-refractivity contribution is 7.09. The van der Waals surface area contributed by atoms with Gasteiger partial charge < -0.3 is 20.6 Å². The van der Waals surface area contributed by atoms with E-state index in [4.69, 9.17) is 15.7 Å². The molecule has 114 valence electrons. The Kier molecular flexibility index (Phi) is 5.95. The second kappa shape index (κ2) is 7.24. The minimum atomic E-state index is -4.58. The third-order valence-electron chi connectivity index (χ3n) is 2.27. The van der Waals surface area contributed by atoms with Crippen molar-refractivity contribution in [3.05, 3.63) is 5.82 Å². The summed E-state index contributed by atoms with van der Waals surface area (Å²) in [6.45, 7) is 0.866. The van der Waals surface area contributed by atoms with Crippen LogP contribution in [0, 0.1) is 0 Å². The first-order valence-corrected chi connectivity index (χ1v) is 6.27. The SMILES string of the molecule is COCCN(CCC(N)=NO)c1nc(C(F)(F)F)ns1. The molecule has 0 aliphatic carbocycles. The van der Waals surface area contributed by atoms with Crippen molar-refractivity contribution in [1.29, 1.82) is 0 Å². The first-order chi connectivity index (χ1) is 9.38. The van der Waals surface area contributed by atoms with Crippen LogP contribution in [-0.4, -0.2) is 47.2 Å². The molecule has 0 aromatic carbocycles. The van der Waals surface area contributed by atoms with E-state index >= 15 is 0 Å². The number of nitrogens with zero attached hydrogens (tertiary/aromatic N) is 4. The molecule has 0 fully saturated rings. The van der Waals surface area contributed by atoms with Gasteiger partial charge in [-0.1, -0.05) is 5.16 Å². The molecule has 0 spiro atoms. The van der Waals surface area contributed by atoms with Crippen molar-refractivity contribution in [3.63, 3.8) is 0 Å². The lowest BCUT2D eigenvalue weighted by Crippen LogP contribution is -2.31. The van der Waals surface area contributed by atoms with Crippen molar-refractivity contribution in [1.82, 2.24) is 9.36 Å². The number of methoxy groups -OCH3 is 1. The summed E-state index contributed by atoms with van der Waals surface area (Å²) in [5, 5.41) is 11.4. The van der Waals surface area contributed by atoms with Gasteiger partial charge in [0.25, 0.3) is 0 Å². The lowest BCUT2D eigenvalue weighted by atomic mass is 10.3. The van der Waals surface area contributed by atoms with Crippen LogP contribution in [0.2, 0.25) is 0 Å². The summed E-state index contributed by atoms with van der Waals surface area (Å²) in [4.78, 5) is 4.98. The lowest BCUT2D eigenvalue weighted by molar-refractivity contribution is -0.144. The van der Waals surface area contributed by atoms with Crippen LogP contribution in [0.25, 0.3) is 0 Å². The van der Waals surface area contributed by atoms with Crippen LogP contribution in [-0.2, 0) is 10.9 Å². The van der Waals surface area contributed by atoms with E-state index in [0.29, 0.717) is 24.7 Å². The Morgan fingerprint density at radius 2 is 2.20 bits per heavy atom. The molecular formula is C9H14F3N5O2S. The topological polar surface area (TPSA) is 96.9 Å². The molecule has 0 saturated heterocycles. The number of hydrogen-bond acceptors (Lipinski definition) is 7. The fourth-order valence-electron chi connectivity index (χ4n) is 1.26. The number of oxime groups is 1. The highest BCUT2D eigenvalue weighted by Gasteiger charge is 2.36. The Labute approximate surface area is 117 Å². The van der Waals surface area contributed by atoms with Gasteiger partial charge in [-0.25, -0.2) is 0 Å². The molecule has 0 saturated carbocycles. The van der Waals surface area contributed by atoms with Gasteiger partial charge in [-0.05, 0) is 0 Å². The molecule has 1 aromatic heterocycles. The van der Waals surface area contributed by atoms with Crippen LogP contribution in [0.5, 0.6) is 0 Å². The molecule has 0 aliphatic heterocycles. The zero-order valence-corrected chi connectivity index (χ0v) is 11.4. The summed E-state index contributed by atoms with van der Waals surface area (Å²) in [5.41, 5.74) is 5.33. The van der Waals surface area contributed by atoms with Gasteiger partial charge in [0, 0.05) is 38.2 Å². The van der Waals surface area contributed by atoms with E-state index in [9.17, 15) is 13.2 Å². The maximum atomic E-state index is 12.5. The predicted octanol–water partition coefficient (Wildman–Crippen LogP) is 1.15. The number of aromatic nitrogens is 2.